The zero-order valence-electron chi connectivity index (χ0n) is 11.3. The molecule has 0 spiro atoms. The van der Waals surface area contributed by atoms with Crippen molar-refractivity contribution in [1.82, 2.24) is 0 Å². The van der Waals surface area contributed by atoms with Crippen LogP contribution >= 0.6 is 38.5 Å². The minimum atomic E-state index is -0.101. The van der Waals surface area contributed by atoms with Crippen LogP contribution in [-0.2, 0) is 0 Å². The normalized spacial score (nSPS) is 10.7. The van der Waals surface area contributed by atoms with E-state index in [2.05, 4.69) is 63.8 Å². The predicted octanol–water partition coefficient (Wildman–Crippen LogP) is 5.43. The largest absolute Gasteiger partial charge is 0.322 e. The van der Waals surface area contributed by atoms with Crippen LogP contribution in [0.15, 0.2) is 46.9 Å². The summed E-state index contributed by atoms with van der Waals surface area (Å²) in [7, 11) is 0. The van der Waals surface area contributed by atoms with Crippen LogP contribution in [-0.4, -0.2) is 5.91 Å². The molecule has 2 aromatic rings. The maximum Gasteiger partial charge on any atom is 0.256 e. The van der Waals surface area contributed by atoms with Crippen LogP contribution in [0, 0.1) is 3.57 Å². The molecule has 0 aliphatic heterocycles. The molecule has 0 radical (unpaired) electrons. The molecule has 0 saturated carbocycles. The van der Waals surface area contributed by atoms with Gasteiger partial charge in [0.05, 0.1) is 5.56 Å². The summed E-state index contributed by atoms with van der Waals surface area (Å²) >= 11 is 5.62. The van der Waals surface area contributed by atoms with Crippen molar-refractivity contribution in [2.75, 3.05) is 5.32 Å². The third-order valence-corrected chi connectivity index (χ3v) is 4.35. The lowest BCUT2D eigenvalue weighted by atomic mass is 10.0. The van der Waals surface area contributed by atoms with Gasteiger partial charge in [-0.1, -0.05) is 26.0 Å². The molecule has 2 nitrogen and oxygen atoms in total. The van der Waals surface area contributed by atoms with Gasteiger partial charge in [0.1, 0.15) is 0 Å². The Morgan fingerprint density at radius 3 is 2.65 bits per heavy atom. The molecule has 2 rings (SSSR count). The molecular weight excluding hydrogens is 429 g/mol. The summed E-state index contributed by atoms with van der Waals surface area (Å²) in [5.74, 6) is 0.340. The monoisotopic (exact) mass is 443 g/mol. The van der Waals surface area contributed by atoms with Gasteiger partial charge in [-0.2, -0.15) is 0 Å². The standard InChI is InChI=1S/C16H15BrINO/c1-10(2)11-4-3-5-13(8-11)19-16(20)14-9-12(18)6-7-15(14)17/h3-10H,1-2H3,(H,19,20). The second-order valence-electron chi connectivity index (χ2n) is 4.86. The second-order valence-corrected chi connectivity index (χ2v) is 6.96. The van der Waals surface area contributed by atoms with Crippen molar-refractivity contribution in [2.24, 2.45) is 0 Å². The number of benzene rings is 2. The fraction of sp³-hybridized carbons (Fsp3) is 0.188. The van der Waals surface area contributed by atoms with Gasteiger partial charge >= 0.3 is 0 Å². The van der Waals surface area contributed by atoms with Gasteiger partial charge in [0, 0.05) is 13.7 Å². The zero-order valence-corrected chi connectivity index (χ0v) is 15.0. The van der Waals surface area contributed by atoms with Crippen molar-refractivity contribution in [3.63, 3.8) is 0 Å². The molecule has 0 aromatic heterocycles. The van der Waals surface area contributed by atoms with E-state index in [1.165, 1.54) is 5.56 Å². The first-order valence-corrected chi connectivity index (χ1v) is 8.21. The van der Waals surface area contributed by atoms with Gasteiger partial charge in [-0.05, 0) is 80.3 Å². The fourth-order valence-corrected chi connectivity index (χ4v) is 2.76. The lowest BCUT2D eigenvalue weighted by Crippen LogP contribution is -2.13. The molecule has 0 aliphatic carbocycles. The molecule has 104 valence electrons. The molecule has 0 atom stereocenters. The molecule has 0 aliphatic rings. The molecule has 0 saturated heterocycles. The molecule has 4 heteroatoms. The van der Waals surface area contributed by atoms with Crippen LogP contribution in [0.1, 0.15) is 35.7 Å². The highest BCUT2D eigenvalue weighted by molar-refractivity contribution is 14.1. The van der Waals surface area contributed by atoms with Crippen LogP contribution in [0.25, 0.3) is 0 Å². The van der Waals surface area contributed by atoms with Crippen LogP contribution in [0.4, 0.5) is 5.69 Å². The molecule has 0 unspecified atom stereocenters. The summed E-state index contributed by atoms with van der Waals surface area (Å²) in [6, 6.07) is 13.7. The average Bonchev–Trinajstić information content (AvgIpc) is 2.41. The zero-order chi connectivity index (χ0) is 14.7. The molecule has 0 bridgehead atoms. The number of carbonyl (C=O) groups excluding carboxylic acids is 1. The Morgan fingerprint density at radius 2 is 1.95 bits per heavy atom. The number of hydrogen-bond donors (Lipinski definition) is 1. The molecular formula is C16H15BrINO. The van der Waals surface area contributed by atoms with Crippen molar-refractivity contribution in [1.29, 1.82) is 0 Å². The van der Waals surface area contributed by atoms with Gasteiger partial charge in [-0.3, -0.25) is 4.79 Å². The highest BCUT2D eigenvalue weighted by Gasteiger charge is 2.11. The summed E-state index contributed by atoms with van der Waals surface area (Å²) < 4.78 is 1.84. The van der Waals surface area contributed by atoms with Gasteiger partial charge in [0.25, 0.3) is 5.91 Å². The van der Waals surface area contributed by atoms with E-state index >= 15 is 0 Å². The third kappa shape index (κ3) is 3.82. The molecule has 1 amide bonds. The highest BCUT2D eigenvalue weighted by Crippen LogP contribution is 2.22. The number of halogens is 2. The van der Waals surface area contributed by atoms with Gasteiger partial charge in [-0.25, -0.2) is 0 Å². The van der Waals surface area contributed by atoms with E-state index in [-0.39, 0.29) is 5.91 Å². The van der Waals surface area contributed by atoms with Crippen LogP contribution in [0.3, 0.4) is 0 Å². The Labute approximate surface area is 141 Å². The summed E-state index contributed by atoms with van der Waals surface area (Å²) in [4.78, 5) is 12.3. The van der Waals surface area contributed by atoms with E-state index < -0.39 is 0 Å². The Kier molecular flexibility index (Phi) is 5.21. The van der Waals surface area contributed by atoms with Crippen molar-refractivity contribution in [3.8, 4) is 0 Å². The van der Waals surface area contributed by atoms with Crippen molar-refractivity contribution in [3.05, 3.63) is 61.6 Å². The Balaban J connectivity index is 2.23. The second kappa shape index (κ2) is 6.72. The van der Waals surface area contributed by atoms with E-state index in [1.54, 1.807) is 0 Å². The number of rotatable bonds is 3. The SMILES string of the molecule is CC(C)c1cccc(NC(=O)c2cc(I)ccc2Br)c1. The molecule has 20 heavy (non-hydrogen) atoms. The average molecular weight is 444 g/mol. The first kappa shape index (κ1) is 15.5. The van der Waals surface area contributed by atoms with Crippen molar-refractivity contribution >= 4 is 50.1 Å². The number of hydrogen-bond acceptors (Lipinski definition) is 1. The lowest BCUT2D eigenvalue weighted by molar-refractivity contribution is 0.102. The quantitative estimate of drug-likeness (QED) is 0.629. The fourth-order valence-electron chi connectivity index (χ4n) is 1.85. The smallest absolute Gasteiger partial charge is 0.256 e. The molecule has 1 N–H and O–H groups in total. The Bertz CT molecular complexity index is 640. The minimum absolute atomic E-state index is 0.101. The summed E-state index contributed by atoms with van der Waals surface area (Å²) in [6.07, 6.45) is 0. The van der Waals surface area contributed by atoms with Gasteiger partial charge < -0.3 is 5.32 Å². The lowest BCUT2D eigenvalue weighted by Gasteiger charge is -2.10. The maximum absolute atomic E-state index is 12.3. The number of amides is 1. The van der Waals surface area contributed by atoms with E-state index in [0.717, 1.165) is 13.7 Å². The Hall–Kier alpha value is -0.880. The first-order chi connectivity index (χ1) is 9.47. The molecule has 2 aromatic carbocycles. The van der Waals surface area contributed by atoms with Gasteiger partial charge in [-0.15, -0.1) is 0 Å². The first-order valence-electron chi connectivity index (χ1n) is 6.33. The van der Waals surface area contributed by atoms with Crippen molar-refractivity contribution < 1.29 is 4.79 Å². The third-order valence-electron chi connectivity index (χ3n) is 2.98. The van der Waals surface area contributed by atoms with Crippen molar-refractivity contribution in [2.45, 2.75) is 19.8 Å². The van der Waals surface area contributed by atoms with E-state index in [1.807, 2.05) is 36.4 Å². The maximum atomic E-state index is 12.3. The minimum Gasteiger partial charge on any atom is -0.322 e. The van der Waals surface area contributed by atoms with E-state index in [0.29, 0.717) is 11.5 Å². The van der Waals surface area contributed by atoms with Gasteiger partial charge in [0.15, 0.2) is 0 Å². The van der Waals surface area contributed by atoms with Crippen LogP contribution in [0.2, 0.25) is 0 Å². The summed E-state index contributed by atoms with van der Waals surface area (Å²) in [5.41, 5.74) is 2.68. The topological polar surface area (TPSA) is 29.1 Å². The van der Waals surface area contributed by atoms with Crippen LogP contribution in [0.5, 0.6) is 0 Å². The van der Waals surface area contributed by atoms with Crippen LogP contribution < -0.4 is 5.32 Å². The number of anilines is 1. The number of nitrogens with one attached hydrogen (secondary N) is 1. The van der Waals surface area contributed by atoms with E-state index in [9.17, 15) is 4.79 Å². The molecule has 0 fully saturated rings. The summed E-state index contributed by atoms with van der Waals surface area (Å²) in [6.45, 7) is 4.27. The highest BCUT2D eigenvalue weighted by atomic mass is 127. The number of carbonyl (C=O) groups is 1. The van der Waals surface area contributed by atoms with Gasteiger partial charge in [0.2, 0.25) is 0 Å². The predicted molar refractivity (Wildman–Crippen MR) is 95.3 cm³/mol. The summed E-state index contributed by atoms with van der Waals surface area (Å²) in [5, 5.41) is 2.95. The Morgan fingerprint density at radius 1 is 1.20 bits per heavy atom. The van der Waals surface area contributed by atoms with E-state index in [4.69, 9.17) is 0 Å². The molecule has 0 heterocycles.